The van der Waals surface area contributed by atoms with Gasteiger partial charge in [0.25, 0.3) is 0 Å². The normalized spacial score (nSPS) is 23.5. The molecule has 2 aliphatic carbocycles. The zero-order valence-electron chi connectivity index (χ0n) is 28.7. The molecule has 0 amide bonds. The highest BCUT2D eigenvalue weighted by atomic mass is 79.9. The molecule has 12 heteroatoms. The van der Waals surface area contributed by atoms with Gasteiger partial charge in [0.1, 0.15) is 23.8 Å². The number of ether oxygens (including phenoxy) is 2. The monoisotopic (exact) mass is 784 g/mol. The van der Waals surface area contributed by atoms with E-state index in [2.05, 4.69) is 42.4 Å². The third kappa shape index (κ3) is 8.16. The minimum absolute atomic E-state index is 0.00356. The molecule has 0 aromatic heterocycles. The topological polar surface area (TPSA) is 49.0 Å². The molecule has 0 unspecified atom stereocenters. The van der Waals surface area contributed by atoms with E-state index in [0.717, 1.165) is 101 Å². The predicted molar refractivity (Wildman–Crippen MR) is 193 cm³/mol. The van der Waals surface area contributed by atoms with Crippen molar-refractivity contribution < 1.29 is 31.4 Å². The summed E-state index contributed by atoms with van der Waals surface area (Å²) in [5.74, 6) is -4.71. The maximum Gasteiger partial charge on any atom is 0.191 e. The lowest BCUT2D eigenvalue weighted by atomic mass is 10.1. The van der Waals surface area contributed by atoms with Gasteiger partial charge in [0, 0.05) is 44.4 Å². The van der Waals surface area contributed by atoms with Crippen molar-refractivity contribution in [3.05, 3.63) is 129 Å². The lowest BCUT2D eigenvalue weighted by Gasteiger charge is -2.32. The molecule has 2 aliphatic heterocycles. The van der Waals surface area contributed by atoms with E-state index < -0.39 is 40.9 Å². The molecule has 4 aromatic carbocycles. The highest BCUT2D eigenvalue weighted by Gasteiger charge is 2.40. The van der Waals surface area contributed by atoms with Gasteiger partial charge in [-0.1, -0.05) is 48.5 Å². The van der Waals surface area contributed by atoms with Crippen LogP contribution in [0.25, 0.3) is 0 Å². The molecule has 2 saturated heterocycles. The SMILES string of the molecule is Fc1cc(F)c(O[C@@H]2c3ccccc3C[C@H]2N2CCCNCC2)c(Br)c1.Fc1cc(F)c(O[C@@H]2c3ccccc3C[C@H]2N2CCCNCC2)c(F)c1. The molecule has 0 bridgehead atoms. The van der Waals surface area contributed by atoms with Gasteiger partial charge in [0.2, 0.25) is 0 Å². The van der Waals surface area contributed by atoms with Gasteiger partial charge in [0.05, 0.1) is 16.6 Å². The fraction of sp³-hybridized carbons (Fsp3) is 0.400. The van der Waals surface area contributed by atoms with Gasteiger partial charge < -0.3 is 20.1 Å². The summed E-state index contributed by atoms with van der Waals surface area (Å²) < 4.78 is 81.6. The fourth-order valence-corrected chi connectivity index (χ4v) is 8.43. The first kappa shape index (κ1) is 36.8. The van der Waals surface area contributed by atoms with Crippen molar-refractivity contribution in [2.45, 2.75) is 50.0 Å². The van der Waals surface area contributed by atoms with Gasteiger partial charge in [-0.2, -0.15) is 0 Å². The van der Waals surface area contributed by atoms with Gasteiger partial charge in [-0.05, 0) is 96.1 Å². The number of hydrogen-bond donors (Lipinski definition) is 2. The zero-order chi connectivity index (χ0) is 36.2. The molecule has 8 rings (SSSR count). The molecule has 6 nitrogen and oxygen atoms in total. The molecule has 4 aromatic rings. The lowest BCUT2D eigenvalue weighted by molar-refractivity contribution is 0.0756. The molecular weight excluding hydrogens is 743 g/mol. The number of halogens is 6. The third-order valence-corrected chi connectivity index (χ3v) is 11.0. The quantitative estimate of drug-likeness (QED) is 0.198. The Morgan fingerprint density at radius 3 is 1.50 bits per heavy atom. The maximum atomic E-state index is 14.4. The Labute approximate surface area is 309 Å². The van der Waals surface area contributed by atoms with Crippen LogP contribution in [-0.2, 0) is 12.8 Å². The number of hydrogen-bond acceptors (Lipinski definition) is 6. The van der Waals surface area contributed by atoms with Crippen molar-refractivity contribution >= 4 is 15.9 Å². The summed E-state index contributed by atoms with van der Waals surface area (Å²) in [7, 11) is 0. The molecule has 52 heavy (non-hydrogen) atoms. The summed E-state index contributed by atoms with van der Waals surface area (Å²) in [5, 5.41) is 6.79. The fourth-order valence-electron chi connectivity index (χ4n) is 7.93. The van der Waals surface area contributed by atoms with Crippen LogP contribution in [0.1, 0.15) is 47.3 Å². The first-order valence-electron chi connectivity index (χ1n) is 17.9. The van der Waals surface area contributed by atoms with Gasteiger partial charge in [0.15, 0.2) is 29.0 Å². The van der Waals surface area contributed by atoms with E-state index in [-0.39, 0.29) is 23.9 Å². The minimum atomic E-state index is -1.01. The zero-order valence-corrected chi connectivity index (χ0v) is 30.3. The average molecular weight is 786 g/mol. The Kier molecular flexibility index (Phi) is 11.8. The summed E-state index contributed by atoms with van der Waals surface area (Å²) in [4.78, 5) is 4.75. The number of nitrogens with one attached hydrogen (secondary N) is 2. The molecule has 2 N–H and O–H groups in total. The van der Waals surface area contributed by atoms with Crippen LogP contribution in [0.2, 0.25) is 0 Å². The molecule has 2 heterocycles. The van der Waals surface area contributed by atoms with Crippen molar-refractivity contribution in [2.75, 3.05) is 52.4 Å². The van der Waals surface area contributed by atoms with Gasteiger partial charge in [-0.25, -0.2) is 22.0 Å². The van der Waals surface area contributed by atoms with Crippen LogP contribution in [-0.4, -0.2) is 74.2 Å². The van der Waals surface area contributed by atoms with E-state index in [4.69, 9.17) is 9.47 Å². The Balaban J connectivity index is 0.000000162. The summed E-state index contributed by atoms with van der Waals surface area (Å²) in [5.41, 5.74) is 4.39. The molecule has 4 aliphatic rings. The molecule has 2 fully saturated rings. The van der Waals surface area contributed by atoms with Gasteiger partial charge in [-0.3, -0.25) is 9.80 Å². The van der Waals surface area contributed by atoms with Crippen molar-refractivity contribution in [3.63, 3.8) is 0 Å². The average Bonchev–Trinajstić information content (AvgIpc) is 3.36. The number of rotatable bonds is 6. The van der Waals surface area contributed by atoms with Crippen LogP contribution in [0.5, 0.6) is 11.5 Å². The standard InChI is InChI=1S/C20H21BrF2N2O.C20H21F3N2O/c21-16-11-14(22)12-17(23)20(16)26-19-15-5-2-1-4-13(15)10-18(19)25-8-3-6-24-7-9-25;21-14-11-16(22)20(17(23)12-14)26-19-15-5-2-1-4-13(15)10-18(19)25-8-3-6-24-7-9-25/h2*1-2,4-5,11-12,18-19,24H,3,6-10H2/t2*18-,19-/m11/s1. The molecule has 0 radical (unpaired) electrons. The Morgan fingerprint density at radius 1 is 0.558 bits per heavy atom. The number of benzene rings is 4. The summed E-state index contributed by atoms with van der Waals surface area (Å²) in [6, 6.07) is 19.6. The van der Waals surface area contributed by atoms with Crippen LogP contribution >= 0.6 is 15.9 Å². The Hall–Kier alpha value is -3.55. The van der Waals surface area contributed by atoms with E-state index in [9.17, 15) is 22.0 Å². The molecule has 4 atom stereocenters. The van der Waals surface area contributed by atoms with E-state index in [0.29, 0.717) is 16.6 Å². The number of fused-ring (bicyclic) bond motifs is 2. The largest absolute Gasteiger partial charge is 0.480 e. The van der Waals surface area contributed by atoms with Crippen molar-refractivity contribution in [2.24, 2.45) is 0 Å². The van der Waals surface area contributed by atoms with Crippen LogP contribution in [0, 0.1) is 29.1 Å². The molecular formula is C40H42BrF5N4O2. The first-order valence-corrected chi connectivity index (χ1v) is 18.7. The van der Waals surface area contributed by atoms with Crippen molar-refractivity contribution in [1.82, 2.24) is 20.4 Å². The Bertz CT molecular complexity index is 1670. The third-order valence-electron chi connectivity index (χ3n) is 10.4. The smallest absolute Gasteiger partial charge is 0.191 e. The second-order valence-electron chi connectivity index (χ2n) is 13.7. The second-order valence-corrected chi connectivity index (χ2v) is 14.5. The minimum Gasteiger partial charge on any atom is -0.480 e. The predicted octanol–water partition coefficient (Wildman–Crippen LogP) is 7.51. The first-order chi connectivity index (χ1) is 25.3. The highest BCUT2D eigenvalue weighted by molar-refractivity contribution is 9.10. The van der Waals surface area contributed by atoms with E-state index >= 15 is 0 Å². The van der Waals surface area contributed by atoms with Crippen LogP contribution in [0.4, 0.5) is 22.0 Å². The second kappa shape index (κ2) is 16.6. The van der Waals surface area contributed by atoms with Crippen molar-refractivity contribution in [3.8, 4) is 11.5 Å². The van der Waals surface area contributed by atoms with E-state index in [1.54, 1.807) is 0 Å². The number of nitrogens with zero attached hydrogens (tertiary/aromatic N) is 2. The van der Waals surface area contributed by atoms with Crippen molar-refractivity contribution in [1.29, 1.82) is 0 Å². The lowest BCUT2D eigenvalue weighted by Crippen LogP contribution is -2.42. The molecule has 0 spiro atoms. The summed E-state index contributed by atoms with van der Waals surface area (Å²) >= 11 is 3.25. The molecule has 0 saturated carbocycles. The molecule has 276 valence electrons. The highest BCUT2D eigenvalue weighted by Crippen LogP contribution is 2.42. The summed E-state index contributed by atoms with van der Waals surface area (Å²) in [6.07, 6.45) is 2.97. The maximum absolute atomic E-state index is 14.4. The van der Waals surface area contributed by atoms with Crippen LogP contribution in [0.15, 0.2) is 77.3 Å². The van der Waals surface area contributed by atoms with Crippen LogP contribution in [0.3, 0.4) is 0 Å². The van der Waals surface area contributed by atoms with E-state index in [1.165, 1.54) is 11.6 Å². The van der Waals surface area contributed by atoms with Crippen LogP contribution < -0.4 is 20.1 Å². The van der Waals surface area contributed by atoms with E-state index in [1.807, 2.05) is 42.5 Å². The Morgan fingerprint density at radius 2 is 1.00 bits per heavy atom. The van der Waals surface area contributed by atoms with Gasteiger partial charge in [-0.15, -0.1) is 0 Å². The van der Waals surface area contributed by atoms with Gasteiger partial charge >= 0.3 is 0 Å². The summed E-state index contributed by atoms with van der Waals surface area (Å²) in [6.45, 7) is 7.46.